The third kappa shape index (κ3) is 11.2. The van der Waals surface area contributed by atoms with Gasteiger partial charge in [0.05, 0.1) is 0 Å². The zero-order chi connectivity index (χ0) is 16.3. The molecule has 128 valence electrons. The Bertz CT molecular complexity index is 228. The van der Waals surface area contributed by atoms with Crippen LogP contribution in [0.15, 0.2) is 0 Å². The molecular formula is C21H44. The molecule has 0 amide bonds. The van der Waals surface area contributed by atoms with Crippen LogP contribution in [-0.2, 0) is 0 Å². The summed E-state index contributed by atoms with van der Waals surface area (Å²) >= 11 is 0. The lowest BCUT2D eigenvalue weighted by molar-refractivity contribution is 0.264. The van der Waals surface area contributed by atoms with E-state index in [2.05, 4.69) is 48.5 Å². The van der Waals surface area contributed by atoms with Gasteiger partial charge in [-0.05, 0) is 42.4 Å². The molecule has 3 unspecified atom stereocenters. The number of rotatable bonds is 13. The highest BCUT2D eigenvalue weighted by molar-refractivity contribution is 4.70. The first-order valence-corrected chi connectivity index (χ1v) is 9.84. The predicted molar refractivity (Wildman–Crippen MR) is 98.8 cm³/mol. The van der Waals surface area contributed by atoms with Crippen LogP contribution in [-0.4, -0.2) is 0 Å². The van der Waals surface area contributed by atoms with Gasteiger partial charge < -0.3 is 0 Å². The van der Waals surface area contributed by atoms with E-state index in [4.69, 9.17) is 0 Å². The topological polar surface area (TPSA) is 0 Å². The maximum atomic E-state index is 2.49. The number of hydrogen-bond donors (Lipinski definition) is 0. The summed E-state index contributed by atoms with van der Waals surface area (Å²) in [7, 11) is 0. The minimum atomic E-state index is 0.554. The Balaban J connectivity index is 4.10. The molecule has 0 saturated heterocycles. The smallest absolute Gasteiger partial charge is 0.0357 e. The van der Waals surface area contributed by atoms with Gasteiger partial charge in [0.15, 0.2) is 0 Å². The normalized spacial score (nSPS) is 16.7. The molecule has 0 heteroatoms. The second-order valence-electron chi connectivity index (χ2n) is 8.51. The Morgan fingerprint density at radius 2 is 1.43 bits per heavy atom. The third-order valence-corrected chi connectivity index (χ3v) is 5.64. The molecule has 0 rings (SSSR count). The van der Waals surface area contributed by atoms with E-state index in [0.29, 0.717) is 5.41 Å². The van der Waals surface area contributed by atoms with Crippen LogP contribution in [0.1, 0.15) is 113 Å². The van der Waals surface area contributed by atoms with E-state index in [1.165, 1.54) is 64.2 Å². The van der Waals surface area contributed by atoms with Gasteiger partial charge in [0.1, 0.15) is 0 Å². The zero-order valence-electron chi connectivity index (χ0n) is 16.3. The maximum Gasteiger partial charge on any atom is -0.0357 e. The van der Waals surface area contributed by atoms with Gasteiger partial charge in [0, 0.05) is 0 Å². The van der Waals surface area contributed by atoms with Crippen molar-refractivity contribution >= 4 is 0 Å². The average molecular weight is 297 g/mol. The highest BCUT2D eigenvalue weighted by atomic mass is 14.2. The molecule has 0 nitrogen and oxygen atoms in total. The van der Waals surface area contributed by atoms with Crippen molar-refractivity contribution in [3.8, 4) is 0 Å². The Kier molecular flexibility index (Phi) is 11.6. The van der Waals surface area contributed by atoms with Gasteiger partial charge in [0.2, 0.25) is 0 Å². The van der Waals surface area contributed by atoms with Crippen molar-refractivity contribution in [1.29, 1.82) is 0 Å². The lowest BCUT2D eigenvalue weighted by atomic mass is 9.80. The van der Waals surface area contributed by atoms with Crippen LogP contribution in [0.3, 0.4) is 0 Å². The second kappa shape index (κ2) is 11.6. The molecule has 0 aromatic carbocycles. The van der Waals surface area contributed by atoms with Gasteiger partial charge >= 0.3 is 0 Å². The van der Waals surface area contributed by atoms with Gasteiger partial charge in [-0.25, -0.2) is 0 Å². The molecule has 0 heterocycles. The zero-order valence-corrected chi connectivity index (χ0v) is 16.3. The molecule has 0 N–H and O–H groups in total. The average Bonchev–Trinajstić information content (AvgIpc) is 2.44. The van der Waals surface area contributed by atoms with Crippen LogP contribution in [0.5, 0.6) is 0 Å². The van der Waals surface area contributed by atoms with Crippen molar-refractivity contribution in [2.24, 2.45) is 23.2 Å². The summed E-state index contributed by atoms with van der Waals surface area (Å²) in [6.45, 7) is 16.8. The van der Waals surface area contributed by atoms with Crippen molar-refractivity contribution in [2.45, 2.75) is 113 Å². The second-order valence-corrected chi connectivity index (χ2v) is 8.51. The summed E-state index contributed by atoms with van der Waals surface area (Å²) in [5, 5.41) is 0. The van der Waals surface area contributed by atoms with Crippen LogP contribution in [0.2, 0.25) is 0 Å². The molecule has 0 saturated carbocycles. The lowest BCUT2D eigenvalue weighted by Crippen LogP contribution is -2.13. The molecule has 0 aromatic heterocycles. The molecule has 21 heavy (non-hydrogen) atoms. The molecular weight excluding hydrogens is 252 g/mol. The van der Waals surface area contributed by atoms with E-state index in [9.17, 15) is 0 Å². The van der Waals surface area contributed by atoms with Gasteiger partial charge in [-0.15, -0.1) is 0 Å². The van der Waals surface area contributed by atoms with Crippen LogP contribution in [0, 0.1) is 23.2 Å². The summed E-state index contributed by atoms with van der Waals surface area (Å²) in [5.74, 6) is 2.82. The van der Waals surface area contributed by atoms with E-state index in [-0.39, 0.29) is 0 Å². The molecule has 0 aliphatic rings. The molecule has 0 fully saturated rings. The third-order valence-electron chi connectivity index (χ3n) is 5.64. The predicted octanol–water partition coefficient (Wildman–Crippen LogP) is 7.86. The van der Waals surface area contributed by atoms with Crippen LogP contribution < -0.4 is 0 Å². The Labute approximate surface area is 136 Å². The SMILES string of the molecule is CCCCC(CC(C)CC)CC(C)CCCC(C)(C)CC. The Hall–Kier alpha value is 0. The molecule has 3 atom stereocenters. The Morgan fingerprint density at radius 3 is 1.95 bits per heavy atom. The minimum absolute atomic E-state index is 0.554. The van der Waals surface area contributed by atoms with Gasteiger partial charge in [-0.1, -0.05) is 93.4 Å². The van der Waals surface area contributed by atoms with Crippen molar-refractivity contribution in [1.82, 2.24) is 0 Å². The molecule has 0 spiro atoms. The van der Waals surface area contributed by atoms with Crippen molar-refractivity contribution in [2.75, 3.05) is 0 Å². The van der Waals surface area contributed by atoms with Gasteiger partial charge in [0.25, 0.3) is 0 Å². The van der Waals surface area contributed by atoms with Crippen molar-refractivity contribution < 1.29 is 0 Å². The molecule has 0 aliphatic heterocycles. The first-order chi connectivity index (χ1) is 9.84. The van der Waals surface area contributed by atoms with E-state index in [0.717, 1.165) is 17.8 Å². The van der Waals surface area contributed by atoms with Crippen LogP contribution >= 0.6 is 0 Å². The number of hydrogen-bond acceptors (Lipinski definition) is 0. The summed E-state index contributed by atoms with van der Waals surface area (Å²) in [4.78, 5) is 0. The van der Waals surface area contributed by atoms with E-state index in [1.54, 1.807) is 0 Å². The van der Waals surface area contributed by atoms with Crippen LogP contribution in [0.4, 0.5) is 0 Å². The molecule has 0 aromatic rings. The monoisotopic (exact) mass is 296 g/mol. The van der Waals surface area contributed by atoms with Crippen LogP contribution in [0.25, 0.3) is 0 Å². The fourth-order valence-electron chi connectivity index (χ4n) is 3.35. The minimum Gasteiger partial charge on any atom is -0.0654 e. The lowest BCUT2D eigenvalue weighted by Gasteiger charge is -2.26. The van der Waals surface area contributed by atoms with E-state index >= 15 is 0 Å². The summed E-state index contributed by atoms with van der Waals surface area (Å²) < 4.78 is 0. The van der Waals surface area contributed by atoms with Crippen molar-refractivity contribution in [3.05, 3.63) is 0 Å². The van der Waals surface area contributed by atoms with E-state index in [1.807, 2.05) is 0 Å². The molecule has 0 bridgehead atoms. The summed E-state index contributed by atoms with van der Waals surface area (Å²) in [6, 6.07) is 0. The molecule has 0 radical (unpaired) electrons. The van der Waals surface area contributed by atoms with E-state index < -0.39 is 0 Å². The largest absolute Gasteiger partial charge is 0.0654 e. The first-order valence-electron chi connectivity index (χ1n) is 9.84. The maximum absolute atomic E-state index is 2.49. The fraction of sp³-hybridized carbons (Fsp3) is 1.00. The Morgan fingerprint density at radius 1 is 0.810 bits per heavy atom. The fourth-order valence-corrected chi connectivity index (χ4v) is 3.35. The standard InChI is InChI=1S/C21H44/c1-8-11-14-20(16-18(4)9-2)17-19(5)13-12-15-21(6,7)10-3/h18-20H,8-17H2,1-7H3. The number of unbranched alkanes of at least 4 members (excludes halogenated alkanes) is 1. The molecule has 0 aliphatic carbocycles. The highest BCUT2D eigenvalue weighted by Crippen LogP contribution is 2.31. The van der Waals surface area contributed by atoms with Crippen molar-refractivity contribution in [3.63, 3.8) is 0 Å². The van der Waals surface area contributed by atoms with Gasteiger partial charge in [-0.3, -0.25) is 0 Å². The summed E-state index contributed by atoms with van der Waals surface area (Å²) in [5.41, 5.74) is 0.554. The quantitative estimate of drug-likeness (QED) is 0.324. The van der Waals surface area contributed by atoms with Gasteiger partial charge in [-0.2, -0.15) is 0 Å². The first kappa shape index (κ1) is 21.0. The highest BCUT2D eigenvalue weighted by Gasteiger charge is 2.18. The summed E-state index contributed by atoms with van der Waals surface area (Å²) in [6.07, 6.45) is 14.1.